The van der Waals surface area contributed by atoms with Crippen molar-refractivity contribution in [2.24, 2.45) is 5.41 Å². The molecule has 0 aromatic rings. The fourth-order valence-electron chi connectivity index (χ4n) is 3.47. The normalized spacial score (nSPS) is 33.5. The molecule has 0 aromatic heterocycles. The lowest BCUT2D eigenvalue weighted by atomic mass is 9.76. The van der Waals surface area contributed by atoms with Crippen LogP contribution in [0.2, 0.25) is 0 Å². The summed E-state index contributed by atoms with van der Waals surface area (Å²) in [5, 5.41) is 17.3. The summed E-state index contributed by atoms with van der Waals surface area (Å²) in [6, 6.07) is 0. The smallest absolute Gasteiger partial charge is 0.165 e. The zero-order valence-corrected chi connectivity index (χ0v) is 15.5. The van der Waals surface area contributed by atoms with Gasteiger partial charge >= 0.3 is 0 Å². The molecule has 0 atom stereocenters. The van der Waals surface area contributed by atoms with Crippen LogP contribution in [0.25, 0.3) is 0 Å². The Bertz CT molecular complexity index is 492. The van der Waals surface area contributed by atoms with Gasteiger partial charge in [-0.15, -0.1) is 0 Å². The third-order valence-electron chi connectivity index (χ3n) is 4.20. The summed E-state index contributed by atoms with van der Waals surface area (Å²) in [5.41, 5.74) is -2.34. The largest absolute Gasteiger partial charge is 0.385 e. The zero-order chi connectivity index (χ0) is 17.8. The Morgan fingerprint density at radius 1 is 0.696 bits per heavy atom. The van der Waals surface area contributed by atoms with E-state index >= 15 is 0 Å². The first-order chi connectivity index (χ1) is 10.3. The fourth-order valence-corrected chi connectivity index (χ4v) is 8.45. The topological polar surface area (TPSA) is 109 Å². The minimum atomic E-state index is -1.84. The Balaban J connectivity index is 2.27. The predicted octanol–water partition coefficient (Wildman–Crippen LogP) is 2.09. The molecule has 128 valence electrons. The Morgan fingerprint density at radius 3 is 1.09 bits per heavy atom. The molecule has 2 saturated heterocycles. The minimum absolute atomic E-state index is 0.0268. The molecule has 0 bridgehead atoms. The Hall–Kier alpha value is -0.540. The lowest BCUT2D eigenvalue weighted by Crippen LogP contribution is -2.43. The number of rotatable bonds is 2. The second-order valence-electron chi connectivity index (χ2n) is 7.44. The molecule has 2 aliphatic rings. The highest BCUT2D eigenvalue weighted by atomic mass is 31.1. The molecule has 2 aliphatic heterocycles. The maximum absolute atomic E-state index is 12.4. The van der Waals surface area contributed by atoms with Gasteiger partial charge in [-0.3, -0.25) is 19.2 Å². The van der Waals surface area contributed by atoms with Gasteiger partial charge in [0, 0.05) is 25.7 Å². The van der Waals surface area contributed by atoms with Crippen molar-refractivity contribution in [1.82, 2.24) is 0 Å². The van der Waals surface area contributed by atoms with Crippen LogP contribution >= 0.6 is 15.8 Å². The van der Waals surface area contributed by atoms with Gasteiger partial charge in [0.15, 0.2) is 22.1 Å². The van der Waals surface area contributed by atoms with Crippen LogP contribution < -0.4 is 0 Å². The summed E-state index contributed by atoms with van der Waals surface area (Å²) < 4.78 is 0. The summed E-state index contributed by atoms with van der Waals surface area (Å²) in [6.45, 7) is 5.77. The van der Waals surface area contributed by atoms with E-state index in [1.807, 2.05) is 0 Å². The summed E-state index contributed by atoms with van der Waals surface area (Å²) >= 11 is 0. The van der Waals surface area contributed by atoms with Crippen molar-refractivity contribution in [2.45, 2.75) is 64.1 Å². The summed E-state index contributed by atoms with van der Waals surface area (Å²) in [4.78, 5) is 49.6. The summed E-state index contributed by atoms with van der Waals surface area (Å²) in [6.07, 6.45) is -0.107. The average Bonchev–Trinajstić information content (AvgIpc) is 2.20. The first-order valence-electron chi connectivity index (χ1n) is 7.43. The van der Waals surface area contributed by atoms with Crippen LogP contribution in [0.4, 0.5) is 0 Å². The van der Waals surface area contributed by atoms with Crippen LogP contribution in [-0.4, -0.2) is 43.0 Å². The molecule has 8 heteroatoms. The van der Waals surface area contributed by atoms with Gasteiger partial charge in [0.2, 0.25) is 0 Å². The van der Waals surface area contributed by atoms with Crippen LogP contribution in [0.5, 0.6) is 0 Å². The van der Waals surface area contributed by atoms with Gasteiger partial charge in [0.05, 0.1) is 26.5 Å². The monoisotopic (exact) mass is 360 g/mol. The van der Waals surface area contributed by atoms with Crippen LogP contribution in [0.15, 0.2) is 0 Å². The van der Waals surface area contributed by atoms with E-state index in [2.05, 4.69) is 0 Å². The van der Waals surface area contributed by atoms with Crippen molar-refractivity contribution in [3.63, 3.8) is 0 Å². The molecule has 0 amide bonds. The molecule has 0 aromatic carbocycles. The molecule has 2 fully saturated rings. The number of hydrogen-bond acceptors (Lipinski definition) is 6. The van der Waals surface area contributed by atoms with Crippen LogP contribution in [0.1, 0.15) is 53.4 Å². The zero-order valence-electron chi connectivity index (χ0n) is 13.8. The Labute approximate surface area is 137 Å². The van der Waals surface area contributed by atoms with E-state index in [0.29, 0.717) is 0 Å². The number of aliphatic hydroxyl groups is 2. The van der Waals surface area contributed by atoms with Gasteiger partial charge in [-0.25, -0.2) is 0 Å². The third kappa shape index (κ3) is 3.61. The van der Waals surface area contributed by atoms with E-state index in [1.54, 1.807) is 0 Å². The van der Waals surface area contributed by atoms with E-state index in [4.69, 9.17) is 0 Å². The van der Waals surface area contributed by atoms with Crippen molar-refractivity contribution in [3.05, 3.63) is 0 Å². The van der Waals surface area contributed by atoms with Crippen molar-refractivity contribution >= 4 is 37.9 Å². The first-order valence-corrected chi connectivity index (χ1v) is 10.1. The quantitative estimate of drug-likeness (QED) is 0.730. The van der Waals surface area contributed by atoms with Crippen LogP contribution in [0.3, 0.4) is 0 Å². The van der Waals surface area contributed by atoms with E-state index in [-0.39, 0.29) is 47.8 Å². The van der Waals surface area contributed by atoms with Gasteiger partial charge in [-0.2, -0.15) is 0 Å². The van der Waals surface area contributed by atoms with Gasteiger partial charge in [0.1, 0.15) is 0 Å². The molecule has 0 saturated carbocycles. The van der Waals surface area contributed by atoms with E-state index in [1.165, 1.54) is 27.7 Å². The predicted molar refractivity (Wildman–Crippen MR) is 87.4 cm³/mol. The average molecular weight is 360 g/mol. The SMILES string of the molecule is CC(C)(O)P1C(=O)CC2(CC1=O)CC(=O)P(C(C)(C)O)C(=O)C2. The van der Waals surface area contributed by atoms with Crippen molar-refractivity contribution < 1.29 is 29.4 Å². The third-order valence-corrected chi connectivity index (χ3v) is 9.01. The van der Waals surface area contributed by atoms with E-state index in [0.717, 1.165) is 0 Å². The first kappa shape index (κ1) is 18.8. The maximum Gasteiger partial charge on any atom is 0.165 e. The second kappa shape index (κ2) is 5.77. The maximum atomic E-state index is 12.4. The molecule has 1 spiro atoms. The highest BCUT2D eigenvalue weighted by molar-refractivity contribution is 7.91. The molecular weight excluding hydrogens is 338 g/mol. The molecule has 0 radical (unpaired) electrons. The number of carbonyl (C=O) groups is 4. The van der Waals surface area contributed by atoms with Crippen LogP contribution in [-0.2, 0) is 19.2 Å². The summed E-state index contributed by atoms with van der Waals surface area (Å²) in [7, 11) is -3.67. The lowest BCUT2D eigenvalue weighted by Gasteiger charge is -2.45. The van der Waals surface area contributed by atoms with E-state index in [9.17, 15) is 29.4 Å². The lowest BCUT2D eigenvalue weighted by molar-refractivity contribution is -0.126. The number of carbonyl (C=O) groups excluding carboxylic acids is 4. The Morgan fingerprint density at radius 2 is 0.913 bits per heavy atom. The van der Waals surface area contributed by atoms with Gasteiger partial charge in [-0.05, 0) is 33.1 Å². The molecule has 2 heterocycles. The van der Waals surface area contributed by atoms with Gasteiger partial charge < -0.3 is 10.2 Å². The fraction of sp³-hybridized carbons (Fsp3) is 0.733. The number of hydrogen-bond donors (Lipinski definition) is 2. The highest BCUT2D eigenvalue weighted by Gasteiger charge is 2.56. The molecular formula is C15H22O6P2. The molecule has 2 N–H and O–H groups in total. The van der Waals surface area contributed by atoms with Crippen molar-refractivity contribution in [2.75, 3.05) is 0 Å². The molecule has 0 unspecified atom stereocenters. The molecule has 2 rings (SSSR count). The molecule has 6 nitrogen and oxygen atoms in total. The second-order valence-corrected chi connectivity index (χ2v) is 13.0. The standard InChI is InChI=1S/C15H22O6P2/c1-13(2,20)22-9(16)5-15(6-10(22)17)7-11(18)23(12(19)8-15)14(3,4)21/h20-21H,5-8H2,1-4H3. The highest BCUT2D eigenvalue weighted by Crippen LogP contribution is 2.65. The summed E-state index contributed by atoms with van der Waals surface area (Å²) in [5.74, 6) is 0. The van der Waals surface area contributed by atoms with Gasteiger partial charge in [0.25, 0.3) is 0 Å². The van der Waals surface area contributed by atoms with Crippen molar-refractivity contribution in [3.8, 4) is 0 Å². The van der Waals surface area contributed by atoms with E-state index < -0.39 is 31.9 Å². The van der Waals surface area contributed by atoms with Gasteiger partial charge in [-0.1, -0.05) is 0 Å². The van der Waals surface area contributed by atoms with Crippen LogP contribution in [0, 0.1) is 5.41 Å². The minimum Gasteiger partial charge on any atom is -0.385 e. The Kier molecular flexibility index (Phi) is 4.71. The molecule has 0 aliphatic carbocycles. The molecule has 23 heavy (non-hydrogen) atoms. The van der Waals surface area contributed by atoms with Crippen molar-refractivity contribution in [1.29, 1.82) is 0 Å².